The van der Waals surface area contributed by atoms with E-state index in [4.69, 9.17) is 0 Å². The fraction of sp³-hybridized carbons (Fsp3) is 0.471. The van der Waals surface area contributed by atoms with E-state index >= 15 is 0 Å². The van der Waals surface area contributed by atoms with Gasteiger partial charge in [-0.15, -0.1) is 0 Å². The van der Waals surface area contributed by atoms with E-state index in [2.05, 4.69) is 28.3 Å². The van der Waals surface area contributed by atoms with Crippen molar-refractivity contribution in [3.63, 3.8) is 0 Å². The van der Waals surface area contributed by atoms with E-state index in [1.54, 1.807) is 6.20 Å². The number of aryl methyl sites for hydroxylation is 2. The van der Waals surface area contributed by atoms with Crippen LogP contribution >= 0.6 is 0 Å². The molecule has 1 N–H and O–H groups in total. The lowest BCUT2D eigenvalue weighted by Crippen LogP contribution is -2.30. The van der Waals surface area contributed by atoms with Gasteiger partial charge in [0.1, 0.15) is 0 Å². The summed E-state index contributed by atoms with van der Waals surface area (Å²) in [5.41, 5.74) is 2.22. The topological polar surface area (TPSA) is 41.3 Å². The highest BCUT2D eigenvalue weighted by atomic mass is 16.3. The van der Waals surface area contributed by atoms with Gasteiger partial charge in [-0.25, -0.2) is 4.98 Å². The molecule has 0 bridgehead atoms. The lowest BCUT2D eigenvalue weighted by molar-refractivity contribution is 0.114. The van der Waals surface area contributed by atoms with Crippen molar-refractivity contribution in [1.29, 1.82) is 0 Å². The van der Waals surface area contributed by atoms with Gasteiger partial charge in [0.2, 0.25) is 0 Å². The molecule has 0 spiro atoms. The summed E-state index contributed by atoms with van der Waals surface area (Å²) in [7, 11) is 0. The molecule has 1 atom stereocenters. The number of benzene rings is 1. The summed E-state index contributed by atoms with van der Waals surface area (Å²) < 4.78 is 2.09. The Morgan fingerprint density at radius 3 is 2.67 bits per heavy atom. The van der Waals surface area contributed by atoms with Gasteiger partial charge < -0.3 is 14.6 Å². The molecule has 0 aliphatic rings. The summed E-state index contributed by atoms with van der Waals surface area (Å²) in [5.74, 6) is 0. The molecule has 4 heteroatoms. The Morgan fingerprint density at radius 2 is 2.05 bits per heavy atom. The number of aliphatic hydroxyl groups excluding tert-OH is 1. The molecular weight excluding hydrogens is 262 g/mol. The Labute approximate surface area is 127 Å². The van der Waals surface area contributed by atoms with Crippen LogP contribution in [0.2, 0.25) is 0 Å². The molecule has 0 saturated heterocycles. The van der Waals surface area contributed by atoms with Gasteiger partial charge in [-0.3, -0.25) is 0 Å². The Bertz CT molecular complexity index is 507. The highest BCUT2D eigenvalue weighted by Gasteiger charge is 2.12. The maximum atomic E-state index is 10.3. The number of aromatic nitrogens is 2. The van der Waals surface area contributed by atoms with E-state index < -0.39 is 6.10 Å². The number of hydrogen-bond donors (Lipinski definition) is 1. The third kappa shape index (κ3) is 4.99. The quantitative estimate of drug-likeness (QED) is 0.811. The minimum absolute atomic E-state index is 0.418. The van der Waals surface area contributed by atoms with Crippen molar-refractivity contribution in [2.45, 2.75) is 32.9 Å². The number of likely N-dealkylation sites (N-methyl/N-ethyl adjacent to an activating group) is 1. The molecule has 0 saturated carbocycles. The summed E-state index contributed by atoms with van der Waals surface area (Å²) >= 11 is 0. The van der Waals surface area contributed by atoms with Crippen molar-refractivity contribution in [3.8, 4) is 0 Å². The zero-order valence-corrected chi connectivity index (χ0v) is 12.9. The molecule has 1 heterocycles. The molecule has 0 fully saturated rings. The van der Waals surface area contributed by atoms with Crippen LogP contribution in [0.4, 0.5) is 0 Å². The predicted octanol–water partition coefficient (Wildman–Crippen LogP) is 2.64. The minimum Gasteiger partial charge on any atom is -0.387 e. The van der Waals surface area contributed by atoms with Gasteiger partial charge in [0, 0.05) is 25.5 Å². The van der Waals surface area contributed by atoms with Crippen molar-refractivity contribution in [3.05, 3.63) is 54.1 Å². The van der Waals surface area contributed by atoms with Crippen LogP contribution in [-0.2, 0) is 6.54 Å². The van der Waals surface area contributed by atoms with Gasteiger partial charge >= 0.3 is 0 Å². The second-order valence-electron chi connectivity index (χ2n) is 5.47. The standard InChI is InChI=1S/C17H25N3O/c1-3-19(10-4-11-20-12-9-18-14-20)13-17(21)16-7-5-15(2)6-8-16/h5-9,12,14,17,21H,3-4,10-11,13H2,1-2H3. The van der Waals surface area contributed by atoms with Crippen molar-refractivity contribution < 1.29 is 5.11 Å². The lowest BCUT2D eigenvalue weighted by Gasteiger charge is -2.24. The zero-order valence-electron chi connectivity index (χ0n) is 12.9. The van der Waals surface area contributed by atoms with Crippen LogP contribution in [0, 0.1) is 6.92 Å². The maximum Gasteiger partial charge on any atom is 0.0945 e. The molecule has 1 unspecified atom stereocenters. The Kier molecular flexibility index (Phi) is 5.96. The molecule has 0 amide bonds. The van der Waals surface area contributed by atoms with Crippen molar-refractivity contribution in [2.75, 3.05) is 19.6 Å². The average Bonchev–Trinajstić information content (AvgIpc) is 3.00. The van der Waals surface area contributed by atoms with Crippen LogP contribution in [0.3, 0.4) is 0 Å². The summed E-state index contributed by atoms with van der Waals surface area (Å²) in [5, 5.41) is 10.3. The summed E-state index contributed by atoms with van der Waals surface area (Å²) in [6.07, 6.45) is 6.28. The molecule has 21 heavy (non-hydrogen) atoms. The van der Waals surface area contributed by atoms with Gasteiger partial charge in [0.05, 0.1) is 12.4 Å². The smallest absolute Gasteiger partial charge is 0.0945 e. The number of rotatable bonds is 8. The van der Waals surface area contributed by atoms with Gasteiger partial charge in [-0.2, -0.15) is 0 Å². The molecule has 0 aliphatic carbocycles. The van der Waals surface area contributed by atoms with Crippen LogP contribution in [0.25, 0.3) is 0 Å². The van der Waals surface area contributed by atoms with Crippen LogP contribution in [0.1, 0.15) is 30.6 Å². The molecule has 0 radical (unpaired) electrons. The van der Waals surface area contributed by atoms with Gasteiger partial charge in [-0.05, 0) is 32.0 Å². The van der Waals surface area contributed by atoms with Gasteiger partial charge in [-0.1, -0.05) is 36.8 Å². The summed E-state index contributed by atoms with van der Waals surface area (Å²) in [6, 6.07) is 8.13. The van der Waals surface area contributed by atoms with Gasteiger partial charge in [0.25, 0.3) is 0 Å². The zero-order chi connectivity index (χ0) is 15.1. The van der Waals surface area contributed by atoms with Crippen LogP contribution < -0.4 is 0 Å². The van der Waals surface area contributed by atoms with Crippen LogP contribution in [-0.4, -0.2) is 39.2 Å². The van der Waals surface area contributed by atoms with E-state index in [1.807, 2.05) is 36.8 Å². The first-order chi connectivity index (χ1) is 10.2. The second kappa shape index (κ2) is 7.96. The molecule has 1 aromatic heterocycles. The average molecular weight is 287 g/mol. The fourth-order valence-electron chi connectivity index (χ4n) is 2.41. The molecule has 2 aromatic rings. The molecular formula is C17H25N3O. The highest BCUT2D eigenvalue weighted by Crippen LogP contribution is 2.15. The number of aliphatic hydroxyl groups is 1. The van der Waals surface area contributed by atoms with Crippen LogP contribution in [0.15, 0.2) is 43.0 Å². The number of nitrogens with zero attached hydrogens (tertiary/aromatic N) is 3. The molecule has 2 rings (SSSR count). The summed E-state index contributed by atoms with van der Waals surface area (Å²) in [4.78, 5) is 6.34. The maximum absolute atomic E-state index is 10.3. The first kappa shape index (κ1) is 15.7. The normalized spacial score (nSPS) is 12.8. The largest absolute Gasteiger partial charge is 0.387 e. The van der Waals surface area contributed by atoms with E-state index in [1.165, 1.54) is 5.56 Å². The molecule has 114 valence electrons. The van der Waals surface area contributed by atoms with Gasteiger partial charge in [0.15, 0.2) is 0 Å². The first-order valence-electron chi connectivity index (χ1n) is 7.61. The Hall–Kier alpha value is -1.65. The van der Waals surface area contributed by atoms with Crippen molar-refractivity contribution in [1.82, 2.24) is 14.5 Å². The highest BCUT2D eigenvalue weighted by molar-refractivity contribution is 5.23. The fourth-order valence-corrected chi connectivity index (χ4v) is 2.41. The molecule has 0 aliphatic heterocycles. The predicted molar refractivity (Wildman–Crippen MR) is 85.1 cm³/mol. The number of hydrogen-bond acceptors (Lipinski definition) is 3. The SMILES string of the molecule is CCN(CCCn1ccnc1)CC(O)c1ccc(C)cc1. The minimum atomic E-state index is -0.418. The monoisotopic (exact) mass is 287 g/mol. The van der Waals surface area contributed by atoms with Crippen molar-refractivity contribution >= 4 is 0 Å². The number of imidazole rings is 1. The second-order valence-corrected chi connectivity index (χ2v) is 5.47. The molecule has 4 nitrogen and oxygen atoms in total. The third-order valence-corrected chi connectivity index (χ3v) is 3.79. The third-order valence-electron chi connectivity index (χ3n) is 3.79. The van der Waals surface area contributed by atoms with E-state index in [0.29, 0.717) is 6.54 Å². The van der Waals surface area contributed by atoms with Crippen LogP contribution in [0.5, 0.6) is 0 Å². The lowest BCUT2D eigenvalue weighted by atomic mass is 10.1. The molecule has 1 aromatic carbocycles. The Balaban J connectivity index is 1.79. The summed E-state index contributed by atoms with van der Waals surface area (Å²) in [6.45, 7) is 7.79. The van der Waals surface area contributed by atoms with E-state index in [9.17, 15) is 5.11 Å². The Morgan fingerprint density at radius 1 is 1.29 bits per heavy atom. The first-order valence-corrected chi connectivity index (χ1v) is 7.61. The van der Waals surface area contributed by atoms with E-state index in [0.717, 1.165) is 31.6 Å². The van der Waals surface area contributed by atoms with Crippen molar-refractivity contribution in [2.24, 2.45) is 0 Å². The van der Waals surface area contributed by atoms with E-state index in [-0.39, 0.29) is 0 Å².